The largest absolute Gasteiger partial charge is 0.446 e. The summed E-state index contributed by atoms with van der Waals surface area (Å²) in [5, 5.41) is 7.39. The third kappa shape index (κ3) is 3.62. The number of aromatic nitrogens is 2. The van der Waals surface area contributed by atoms with E-state index in [1.165, 1.54) is 6.26 Å². The average molecular weight is 471 g/mol. The van der Waals surface area contributed by atoms with Crippen LogP contribution < -0.4 is 15.4 Å². The van der Waals surface area contributed by atoms with Gasteiger partial charge in [0.2, 0.25) is 10.9 Å². The highest BCUT2D eigenvalue weighted by Crippen LogP contribution is 2.34. The molecule has 0 fully saturated rings. The van der Waals surface area contributed by atoms with E-state index in [2.05, 4.69) is 20.0 Å². The van der Waals surface area contributed by atoms with Crippen molar-refractivity contribution in [2.75, 3.05) is 9.62 Å². The molecule has 0 aliphatic carbocycles. The summed E-state index contributed by atoms with van der Waals surface area (Å²) < 4.78 is 38.3. The van der Waals surface area contributed by atoms with Crippen molar-refractivity contribution in [1.29, 1.82) is 0 Å². The number of aliphatic imine (C=N–C) groups is 1. The van der Waals surface area contributed by atoms with Crippen LogP contribution in [0.25, 0.3) is 11.3 Å². The Labute approximate surface area is 187 Å². The molecular weight excluding hydrogens is 456 g/mol. The number of nitrogens with zero attached hydrogens (tertiary/aromatic N) is 4. The molecule has 2 aromatic heterocycles. The Balaban J connectivity index is 1.38. The van der Waals surface area contributed by atoms with Crippen LogP contribution in [0, 0.1) is 0 Å². The van der Waals surface area contributed by atoms with Crippen molar-refractivity contribution >= 4 is 45.2 Å². The molecule has 1 aliphatic rings. The van der Waals surface area contributed by atoms with Crippen LogP contribution in [-0.4, -0.2) is 25.1 Å². The lowest BCUT2D eigenvalue weighted by molar-refractivity contribution is 0.298. The summed E-state index contributed by atoms with van der Waals surface area (Å²) >= 11 is 6.00. The molecule has 3 heterocycles. The third-order valence-electron chi connectivity index (χ3n) is 4.82. The fourth-order valence-corrected chi connectivity index (χ4v) is 4.55. The smallest absolute Gasteiger partial charge is 0.285 e. The Bertz CT molecular complexity index is 1410. The highest BCUT2D eigenvalue weighted by molar-refractivity contribution is 7.92. The van der Waals surface area contributed by atoms with Gasteiger partial charge in [0.15, 0.2) is 5.69 Å². The molecule has 12 heteroatoms. The number of hydrogen-bond acceptors (Lipinski definition) is 9. The third-order valence-corrected chi connectivity index (χ3v) is 6.34. The van der Waals surface area contributed by atoms with Crippen molar-refractivity contribution < 1.29 is 17.5 Å². The zero-order valence-corrected chi connectivity index (χ0v) is 17.8. The van der Waals surface area contributed by atoms with Crippen molar-refractivity contribution in [3.8, 4) is 11.3 Å². The second-order valence-corrected chi connectivity index (χ2v) is 8.89. The summed E-state index contributed by atoms with van der Waals surface area (Å²) in [6, 6.07) is 15.0. The molecule has 0 saturated heterocycles. The van der Waals surface area contributed by atoms with Gasteiger partial charge >= 0.3 is 0 Å². The molecule has 2 aromatic carbocycles. The molecule has 1 atom stereocenters. The summed E-state index contributed by atoms with van der Waals surface area (Å²) in [6.45, 7) is 0. The number of rotatable bonds is 5. The first-order chi connectivity index (χ1) is 15.4. The van der Waals surface area contributed by atoms with Crippen molar-refractivity contribution in [3.05, 3.63) is 71.4 Å². The van der Waals surface area contributed by atoms with Gasteiger partial charge in [-0.2, -0.15) is 8.42 Å². The minimum Gasteiger partial charge on any atom is -0.446 e. The minimum atomic E-state index is -4.08. The molecule has 0 radical (unpaired) electrons. The van der Waals surface area contributed by atoms with Crippen LogP contribution in [0.5, 0.6) is 0 Å². The lowest BCUT2D eigenvalue weighted by atomic mass is 10.2. The van der Waals surface area contributed by atoms with Gasteiger partial charge in [-0.05, 0) is 52.8 Å². The summed E-state index contributed by atoms with van der Waals surface area (Å²) in [5.74, 6) is 0.467. The second-order valence-electron chi connectivity index (χ2n) is 6.86. The first kappa shape index (κ1) is 20.2. The molecule has 0 amide bonds. The summed E-state index contributed by atoms with van der Waals surface area (Å²) in [6.07, 6.45) is 2.61. The van der Waals surface area contributed by atoms with Crippen LogP contribution in [0.3, 0.4) is 0 Å². The van der Waals surface area contributed by atoms with Crippen LogP contribution in [0.2, 0.25) is 5.02 Å². The van der Waals surface area contributed by atoms with Gasteiger partial charge < -0.3 is 15.1 Å². The van der Waals surface area contributed by atoms with Crippen molar-refractivity contribution in [2.24, 2.45) is 10.7 Å². The number of fused-ring (bicyclic) bond motifs is 1. The molecule has 1 aliphatic heterocycles. The molecule has 4 aromatic rings. The SMILES string of the molecule is NC1c2ccoc2N=CN1c1ccc(NS(=O)(=O)c2nonc2-c2cccc(Cl)c2)cc1. The number of nitrogens with one attached hydrogen (secondary N) is 1. The molecule has 5 rings (SSSR count). The fourth-order valence-electron chi connectivity index (χ4n) is 3.28. The molecule has 32 heavy (non-hydrogen) atoms. The van der Waals surface area contributed by atoms with E-state index in [4.69, 9.17) is 26.4 Å². The predicted molar refractivity (Wildman–Crippen MR) is 118 cm³/mol. The molecule has 0 saturated carbocycles. The lowest BCUT2D eigenvalue weighted by Gasteiger charge is -2.29. The number of halogens is 1. The highest BCUT2D eigenvalue weighted by Gasteiger charge is 2.27. The first-order valence-corrected chi connectivity index (χ1v) is 11.2. The van der Waals surface area contributed by atoms with E-state index < -0.39 is 16.2 Å². The van der Waals surface area contributed by atoms with Gasteiger partial charge in [-0.25, -0.2) is 9.62 Å². The number of nitrogens with two attached hydrogens (primary N) is 1. The van der Waals surface area contributed by atoms with Crippen LogP contribution in [-0.2, 0) is 10.0 Å². The molecule has 0 bridgehead atoms. The maximum absolute atomic E-state index is 12.9. The van der Waals surface area contributed by atoms with Crippen LogP contribution >= 0.6 is 11.6 Å². The van der Waals surface area contributed by atoms with Crippen molar-refractivity contribution in [3.63, 3.8) is 0 Å². The van der Waals surface area contributed by atoms with Gasteiger partial charge in [0.05, 0.1) is 11.8 Å². The summed E-state index contributed by atoms with van der Waals surface area (Å²) in [5.41, 5.74) is 8.60. The van der Waals surface area contributed by atoms with E-state index in [0.29, 0.717) is 22.2 Å². The Kier molecular flexibility index (Phi) is 4.93. The standard InChI is InChI=1S/C20H15ClN6O4S/c21-13-3-1-2-12(10-13)17-20(25-31-24-17)32(28,29)26-14-4-6-15(7-5-14)27-11-23-19-16(18(27)22)8-9-30-19/h1-11,18,26H,22H2. The topological polar surface area (TPSA) is 140 Å². The summed E-state index contributed by atoms with van der Waals surface area (Å²) in [4.78, 5) is 5.97. The monoisotopic (exact) mass is 470 g/mol. The Hall–Kier alpha value is -3.67. The van der Waals surface area contributed by atoms with E-state index in [0.717, 1.165) is 11.3 Å². The second kappa shape index (κ2) is 7.79. The number of furan rings is 1. The molecule has 10 nitrogen and oxygen atoms in total. The van der Waals surface area contributed by atoms with E-state index in [1.54, 1.807) is 65.8 Å². The number of anilines is 2. The van der Waals surface area contributed by atoms with Gasteiger partial charge in [0.25, 0.3) is 10.0 Å². The normalized spacial score (nSPS) is 15.6. The molecule has 0 spiro atoms. The maximum Gasteiger partial charge on any atom is 0.285 e. The first-order valence-electron chi connectivity index (χ1n) is 9.29. The van der Waals surface area contributed by atoms with Gasteiger partial charge in [-0.3, -0.25) is 4.72 Å². The van der Waals surface area contributed by atoms with Crippen LogP contribution in [0.1, 0.15) is 11.7 Å². The summed E-state index contributed by atoms with van der Waals surface area (Å²) in [7, 11) is -4.08. The number of sulfonamides is 1. The molecular formula is C20H15ClN6O4S. The van der Waals surface area contributed by atoms with Gasteiger partial charge in [-0.1, -0.05) is 23.7 Å². The minimum absolute atomic E-state index is 0.0584. The Morgan fingerprint density at radius 1 is 1.09 bits per heavy atom. The van der Waals surface area contributed by atoms with E-state index >= 15 is 0 Å². The van der Waals surface area contributed by atoms with Gasteiger partial charge in [0, 0.05) is 22.0 Å². The van der Waals surface area contributed by atoms with E-state index in [9.17, 15) is 8.42 Å². The Morgan fingerprint density at radius 2 is 1.91 bits per heavy atom. The zero-order chi connectivity index (χ0) is 22.3. The van der Waals surface area contributed by atoms with E-state index in [1.807, 2.05) is 0 Å². The average Bonchev–Trinajstić information content (AvgIpc) is 3.45. The molecule has 3 N–H and O–H groups in total. The van der Waals surface area contributed by atoms with Crippen molar-refractivity contribution in [1.82, 2.24) is 10.3 Å². The zero-order valence-electron chi connectivity index (χ0n) is 16.2. The predicted octanol–water partition coefficient (Wildman–Crippen LogP) is 3.92. The highest BCUT2D eigenvalue weighted by atomic mass is 35.5. The van der Waals surface area contributed by atoms with Crippen LogP contribution in [0.4, 0.5) is 17.3 Å². The fraction of sp³-hybridized carbons (Fsp3) is 0.0500. The van der Waals surface area contributed by atoms with Gasteiger partial charge in [0.1, 0.15) is 12.5 Å². The van der Waals surface area contributed by atoms with Crippen LogP contribution in [0.15, 0.2) is 79.9 Å². The molecule has 162 valence electrons. The lowest BCUT2D eigenvalue weighted by Crippen LogP contribution is -2.35. The van der Waals surface area contributed by atoms with E-state index in [-0.39, 0.29) is 10.7 Å². The Morgan fingerprint density at radius 3 is 2.69 bits per heavy atom. The molecule has 1 unspecified atom stereocenters. The van der Waals surface area contributed by atoms with Crippen molar-refractivity contribution in [2.45, 2.75) is 11.2 Å². The number of benzene rings is 2. The van der Waals surface area contributed by atoms with Gasteiger partial charge in [-0.15, -0.1) is 0 Å². The number of hydrogen-bond donors (Lipinski definition) is 2. The maximum atomic E-state index is 12.9. The quantitative estimate of drug-likeness (QED) is 0.447.